The molecular weight excluding hydrogens is 499 g/mol. The molecule has 7 nitrogen and oxygen atoms in total. The van der Waals surface area contributed by atoms with Crippen LogP contribution < -0.4 is 0 Å². The minimum atomic E-state index is -2.04. The van der Waals surface area contributed by atoms with E-state index in [1.165, 1.54) is 19.1 Å². The number of carbonyl (C=O) groups is 4. The Morgan fingerprint density at radius 3 is 2.57 bits per heavy atom. The molecule has 4 aliphatic carbocycles. The molecule has 0 aromatic rings. The number of hydrogen-bond donors (Lipinski definition) is 1. The van der Waals surface area contributed by atoms with Crippen molar-refractivity contribution in [2.24, 2.45) is 28.6 Å². The Hall–Kier alpha value is -2.00. The normalized spacial score (nSPS) is 42.2. The van der Waals surface area contributed by atoms with E-state index in [0.717, 1.165) is 11.8 Å². The van der Waals surface area contributed by atoms with Crippen LogP contribution in [0, 0.1) is 28.6 Å². The van der Waals surface area contributed by atoms with E-state index >= 15 is 4.39 Å². The van der Waals surface area contributed by atoms with Gasteiger partial charge in [-0.15, -0.1) is 11.8 Å². The third-order valence-electron chi connectivity index (χ3n) is 9.66. The van der Waals surface area contributed by atoms with E-state index in [4.69, 9.17) is 9.47 Å². The first-order valence-electron chi connectivity index (χ1n) is 13.0. The van der Waals surface area contributed by atoms with Crippen LogP contribution in [0.3, 0.4) is 0 Å². The highest BCUT2D eigenvalue weighted by Crippen LogP contribution is 2.71. The number of fused-ring (bicyclic) bond motifs is 5. The molecule has 9 heteroatoms. The van der Waals surface area contributed by atoms with Gasteiger partial charge in [0.2, 0.25) is 0 Å². The lowest BCUT2D eigenvalue weighted by molar-refractivity contribution is -0.226. The largest absolute Gasteiger partial charge is 0.465 e. The van der Waals surface area contributed by atoms with Gasteiger partial charge in [0.1, 0.15) is 0 Å². The molecule has 3 saturated carbocycles. The van der Waals surface area contributed by atoms with Crippen molar-refractivity contribution in [3.8, 4) is 0 Å². The summed E-state index contributed by atoms with van der Waals surface area (Å²) in [5.41, 5.74) is -5.05. The van der Waals surface area contributed by atoms with E-state index in [1.807, 2.05) is 13.8 Å². The third-order valence-corrected chi connectivity index (χ3v) is 10.6. The highest BCUT2D eigenvalue weighted by molar-refractivity contribution is 8.00. The molecule has 204 valence electrons. The van der Waals surface area contributed by atoms with Crippen LogP contribution >= 0.6 is 11.8 Å². The summed E-state index contributed by atoms with van der Waals surface area (Å²) in [6.07, 6.45) is 4.34. The Balaban J connectivity index is 1.72. The van der Waals surface area contributed by atoms with Crippen molar-refractivity contribution in [1.29, 1.82) is 0 Å². The lowest BCUT2D eigenvalue weighted by Gasteiger charge is -2.62. The van der Waals surface area contributed by atoms with Gasteiger partial charge in [0.05, 0.1) is 24.2 Å². The zero-order valence-corrected chi connectivity index (χ0v) is 23.0. The highest BCUT2D eigenvalue weighted by Gasteiger charge is 2.77. The maximum atomic E-state index is 17.4. The van der Waals surface area contributed by atoms with Crippen LogP contribution in [0.25, 0.3) is 0 Å². The number of thioether (sulfide) groups is 1. The van der Waals surface area contributed by atoms with Gasteiger partial charge in [0.15, 0.2) is 22.8 Å². The number of rotatable bonds is 7. The van der Waals surface area contributed by atoms with E-state index in [2.05, 4.69) is 0 Å². The zero-order valence-electron chi connectivity index (χ0n) is 22.2. The SMILES string of the molecule is CCOC(=O)CSCC(=O)[C@@]1(OC(C)=O)[C@@H](C)C[C@H]2[C@@H]3CCC4=CC(=O)C=C[C@]4(C)[C@@]3(F)[C@@H](O)C[C@@]21C. The second-order valence-corrected chi connectivity index (χ2v) is 12.4. The smallest absolute Gasteiger partial charge is 0.315 e. The number of allylic oxidation sites excluding steroid dienone is 4. The molecule has 0 aromatic carbocycles. The van der Waals surface area contributed by atoms with Crippen LogP contribution in [-0.4, -0.2) is 64.1 Å². The summed E-state index contributed by atoms with van der Waals surface area (Å²) >= 11 is 1.10. The first-order valence-corrected chi connectivity index (χ1v) is 14.2. The Morgan fingerprint density at radius 1 is 1.22 bits per heavy atom. The van der Waals surface area contributed by atoms with Crippen molar-refractivity contribution in [2.45, 2.75) is 77.7 Å². The minimum absolute atomic E-state index is 0.0123. The Bertz CT molecular complexity index is 1070. The molecule has 1 N–H and O–H groups in total. The summed E-state index contributed by atoms with van der Waals surface area (Å²) in [5, 5.41) is 11.5. The van der Waals surface area contributed by atoms with Gasteiger partial charge >= 0.3 is 11.9 Å². The highest BCUT2D eigenvalue weighted by atomic mass is 32.2. The predicted octanol–water partition coefficient (Wildman–Crippen LogP) is 3.77. The number of alkyl halides is 1. The molecule has 8 atom stereocenters. The summed E-state index contributed by atoms with van der Waals surface area (Å²) < 4.78 is 28.3. The van der Waals surface area contributed by atoms with Crippen LogP contribution in [0.2, 0.25) is 0 Å². The minimum Gasteiger partial charge on any atom is -0.465 e. The predicted molar refractivity (Wildman–Crippen MR) is 136 cm³/mol. The molecule has 0 aromatic heterocycles. The van der Waals surface area contributed by atoms with Crippen LogP contribution in [0.5, 0.6) is 0 Å². The van der Waals surface area contributed by atoms with Crippen molar-refractivity contribution in [2.75, 3.05) is 18.1 Å². The fourth-order valence-electron chi connectivity index (χ4n) is 8.16. The molecule has 4 aliphatic rings. The second kappa shape index (κ2) is 9.63. The Kier molecular flexibility index (Phi) is 7.29. The maximum Gasteiger partial charge on any atom is 0.315 e. The monoisotopic (exact) mass is 536 g/mol. The molecule has 0 radical (unpaired) electrons. The molecule has 0 bridgehead atoms. The zero-order chi connectivity index (χ0) is 27.4. The van der Waals surface area contributed by atoms with E-state index in [0.29, 0.717) is 24.8 Å². The van der Waals surface area contributed by atoms with Gasteiger partial charge in [0.25, 0.3) is 0 Å². The van der Waals surface area contributed by atoms with Crippen molar-refractivity contribution in [3.05, 3.63) is 23.8 Å². The quantitative estimate of drug-likeness (QED) is 0.490. The lowest BCUT2D eigenvalue weighted by atomic mass is 9.44. The number of ketones is 2. The number of ether oxygens (including phenoxy) is 2. The molecule has 0 spiro atoms. The molecule has 4 rings (SSSR count). The molecule has 37 heavy (non-hydrogen) atoms. The average molecular weight is 537 g/mol. The van der Waals surface area contributed by atoms with Gasteiger partial charge in [-0.05, 0) is 57.6 Å². The summed E-state index contributed by atoms with van der Waals surface area (Å²) in [4.78, 5) is 50.2. The first-order chi connectivity index (χ1) is 17.3. The number of carbonyl (C=O) groups excluding carboxylic acids is 4. The second-order valence-electron chi connectivity index (χ2n) is 11.5. The fourth-order valence-corrected chi connectivity index (χ4v) is 8.91. The van der Waals surface area contributed by atoms with Crippen molar-refractivity contribution >= 4 is 35.3 Å². The summed E-state index contributed by atoms with van der Waals surface area (Å²) in [7, 11) is 0. The van der Waals surface area contributed by atoms with E-state index < -0.39 is 52.0 Å². The summed E-state index contributed by atoms with van der Waals surface area (Å²) in [5.74, 6) is -2.99. The molecule has 3 fully saturated rings. The molecule has 0 unspecified atom stereocenters. The number of aliphatic hydroxyl groups is 1. The van der Waals surface area contributed by atoms with Gasteiger partial charge in [-0.2, -0.15) is 0 Å². The van der Waals surface area contributed by atoms with E-state index in [1.54, 1.807) is 19.9 Å². The topological polar surface area (TPSA) is 107 Å². The molecule has 0 saturated heterocycles. The van der Waals surface area contributed by atoms with Gasteiger partial charge in [-0.3, -0.25) is 19.2 Å². The standard InChI is InChI=1S/C28H37FO7S/c1-6-35-24(34)15-37-14-23(33)28(36-17(3)30)16(2)11-21-20-8-7-18-12-19(31)9-10-25(18,4)27(20,29)22(32)13-26(21,28)5/h9-10,12,16,20-22,32H,6-8,11,13-15H2,1-5H3/t16-,20-,21-,22-,25-,26-,27-,28-/m0/s1. The summed E-state index contributed by atoms with van der Waals surface area (Å²) in [6, 6.07) is 0. The Morgan fingerprint density at radius 2 is 1.92 bits per heavy atom. The molecular formula is C28H37FO7S. The Labute approximate surface area is 221 Å². The third kappa shape index (κ3) is 3.94. The average Bonchev–Trinajstić information content (AvgIpc) is 3.02. The maximum absolute atomic E-state index is 17.4. The van der Waals surface area contributed by atoms with Gasteiger partial charge in [0, 0.05) is 29.6 Å². The van der Waals surface area contributed by atoms with Gasteiger partial charge < -0.3 is 14.6 Å². The number of esters is 2. The fraction of sp³-hybridized carbons (Fsp3) is 0.714. The van der Waals surface area contributed by atoms with Crippen LogP contribution in [0.4, 0.5) is 4.39 Å². The number of hydrogen-bond acceptors (Lipinski definition) is 8. The molecule has 0 aliphatic heterocycles. The molecule has 0 amide bonds. The van der Waals surface area contributed by atoms with Crippen molar-refractivity contribution in [1.82, 2.24) is 0 Å². The van der Waals surface area contributed by atoms with Crippen LogP contribution in [-0.2, 0) is 28.7 Å². The van der Waals surface area contributed by atoms with Crippen molar-refractivity contribution < 1.29 is 38.1 Å². The van der Waals surface area contributed by atoms with E-state index in [-0.39, 0.29) is 42.0 Å². The summed E-state index contributed by atoms with van der Waals surface area (Å²) in [6.45, 7) is 8.64. The molecule has 0 heterocycles. The number of aliphatic hydroxyl groups excluding tert-OH is 1. The lowest BCUT2D eigenvalue weighted by Crippen LogP contribution is -2.70. The van der Waals surface area contributed by atoms with Gasteiger partial charge in [-0.1, -0.05) is 25.5 Å². The van der Waals surface area contributed by atoms with Gasteiger partial charge in [-0.25, -0.2) is 4.39 Å². The van der Waals surface area contributed by atoms with Crippen molar-refractivity contribution in [3.63, 3.8) is 0 Å². The number of Topliss-reactive ketones (excluding diaryl/α,β-unsaturated/α-hetero) is 1. The first kappa shape index (κ1) is 28.0. The number of halogens is 1. The van der Waals surface area contributed by atoms with Crippen LogP contribution in [0.1, 0.15) is 60.3 Å². The van der Waals surface area contributed by atoms with E-state index in [9.17, 15) is 24.3 Å². The van der Waals surface area contributed by atoms with Crippen LogP contribution in [0.15, 0.2) is 23.8 Å².